The van der Waals surface area contributed by atoms with Crippen molar-refractivity contribution in [1.82, 2.24) is 13.9 Å². The second-order valence-electron chi connectivity index (χ2n) is 9.73. The number of rotatable bonds is 10. The predicted molar refractivity (Wildman–Crippen MR) is 151 cm³/mol. The van der Waals surface area contributed by atoms with Crippen LogP contribution >= 0.6 is 23.2 Å². The quantitative estimate of drug-likeness (QED) is 0.405. The molecule has 2 aliphatic heterocycles. The van der Waals surface area contributed by atoms with Gasteiger partial charge in [0.15, 0.2) is 0 Å². The maximum absolute atomic E-state index is 13.0. The Morgan fingerprint density at radius 1 is 0.897 bits per heavy atom. The van der Waals surface area contributed by atoms with Crippen LogP contribution in [0.25, 0.3) is 0 Å². The molecule has 2 heterocycles. The maximum Gasteiger partial charge on any atom is 0.243 e. The summed E-state index contributed by atoms with van der Waals surface area (Å²) in [4.78, 5) is 13.0. The Kier molecular flexibility index (Phi) is 10.2. The molecule has 1 amide bonds. The Morgan fingerprint density at radius 3 is 2.21 bits per heavy atom. The topological polar surface area (TPSA) is 113 Å². The Morgan fingerprint density at radius 2 is 1.54 bits per heavy atom. The van der Waals surface area contributed by atoms with Crippen LogP contribution in [0, 0.1) is 5.92 Å². The number of sulfonamides is 2. The minimum absolute atomic E-state index is 0.0874. The number of hydrogen-bond donors (Lipinski definition) is 1. The van der Waals surface area contributed by atoms with Gasteiger partial charge in [-0.05, 0) is 62.1 Å². The van der Waals surface area contributed by atoms with Crippen LogP contribution < -0.4 is 10.1 Å². The third-order valence-corrected chi connectivity index (χ3v) is 11.4. The van der Waals surface area contributed by atoms with Gasteiger partial charge in [-0.2, -0.15) is 4.31 Å². The minimum atomic E-state index is -3.72. The molecule has 4 rings (SSSR count). The molecule has 0 bridgehead atoms. The Labute approximate surface area is 240 Å². The van der Waals surface area contributed by atoms with Gasteiger partial charge < -0.3 is 10.1 Å². The summed E-state index contributed by atoms with van der Waals surface area (Å²) in [5.41, 5.74) is 0.349. The van der Waals surface area contributed by atoms with Crippen LogP contribution in [0.3, 0.4) is 0 Å². The van der Waals surface area contributed by atoms with E-state index < -0.39 is 26.0 Å². The normalized spacial score (nSPS) is 19.5. The van der Waals surface area contributed by atoms with E-state index >= 15 is 0 Å². The van der Waals surface area contributed by atoms with Crippen LogP contribution in [-0.2, 0) is 30.6 Å². The van der Waals surface area contributed by atoms with Gasteiger partial charge in [0.25, 0.3) is 0 Å². The van der Waals surface area contributed by atoms with Crippen molar-refractivity contribution in [3.63, 3.8) is 0 Å². The van der Waals surface area contributed by atoms with Gasteiger partial charge in [0.05, 0.1) is 23.1 Å². The van der Waals surface area contributed by atoms with Crippen LogP contribution in [0.5, 0.6) is 5.75 Å². The zero-order valence-corrected chi connectivity index (χ0v) is 24.7. The van der Waals surface area contributed by atoms with Crippen LogP contribution in [0.15, 0.2) is 47.4 Å². The lowest BCUT2D eigenvalue weighted by Crippen LogP contribution is -2.46. The molecule has 0 unspecified atom stereocenters. The van der Waals surface area contributed by atoms with Gasteiger partial charge >= 0.3 is 0 Å². The fraction of sp³-hybridized carbons (Fsp3) is 0.500. The maximum atomic E-state index is 13.0. The third kappa shape index (κ3) is 7.65. The largest absolute Gasteiger partial charge is 0.492 e. The number of ether oxygens (including phenoxy) is 1. The van der Waals surface area contributed by atoms with Crippen LogP contribution in [-0.4, -0.2) is 70.7 Å². The molecule has 214 valence electrons. The standard InChI is InChI=1S/C26H33Cl2N3O6S2/c27-24-7-4-8-25(28)23(24)19-38(33,34)31-16-5-6-20(18-31)26(32)29-13-17-37-21-9-11-22(12-10-21)39(35,36)30-14-2-1-3-15-30/h4,7-12,20H,1-3,5-6,13-19H2,(H,29,32)/t20-/m1/s1. The van der Waals surface area contributed by atoms with Gasteiger partial charge in [0, 0.05) is 41.8 Å². The van der Waals surface area contributed by atoms with Crippen molar-refractivity contribution in [3.05, 3.63) is 58.1 Å². The summed E-state index contributed by atoms with van der Waals surface area (Å²) in [7, 11) is -7.22. The first-order valence-electron chi connectivity index (χ1n) is 13.0. The Hall–Kier alpha value is -1.89. The summed E-state index contributed by atoms with van der Waals surface area (Å²) < 4.78 is 60.1. The van der Waals surface area contributed by atoms with Crippen molar-refractivity contribution in [2.45, 2.75) is 42.8 Å². The number of carbonyl (C=O) groups excluding carboxylic acids is 1. The highest BCUT2D eigenvalue weighted by Crippen LogP contribution is 2.29. The van der Waals surface area contributed by atoms with E-state index in [0.717, 1.165) is 19.3 Å². The van der Waals surface area contributed by atoms with Crippen LogP contribution in [0.4, 0.5) is 0 Å². The molecule has 2 saturated heterocycles. The van der Waals surface area contributed by atoms with Gasteiger partial charge in [0.1, 0.15) is 12.4 Å². The number of nitrogens with zero attached hydrogens (tertiary/aromatic N) is 2. The summed E-state index contributed by atoms with van der Waals surface area (Å²) in [6.07, 6.45) is 3.94. The van der Waals surface area contributed by atoms with Crippen molar-refractivity contribution in [2.24, 2.45) is 5.92 Å². The zero-order chi connectivity index (χ0) is 28.0. The van der Waals surface area contributed by atoms with Crippen LogP contribution in [0.1, 0.15) is 37.7 Å². The van der Waals surface area contributed by atoms with E-state index in [-0.39, 0.29) is 46.3 Å². The predicted octanol–water partition coefficient (Wildman–Crippen LogP) is 3.91. The van der Waals surface area contributed by atoms with Gasteiger partial charge in [-0.25, -0.2) is 21.1 Å². The molecule has 2 aliphatic rings. The Balaban J connectivity index is 1.24. The highest BCUT2D eigenvalue weighted by Gasteiger charge is 2.33. The number of benzene rings is 2. The lowest BCUT2D eigenvalue weighted by Gasteiger charge is -2.31. The van der Waals surface area contributed by atoms with E-state index in [0.29, 0.717) is 43.8 Å². The molecule has 2 aromatic carbocycles. The number of halogens is 2. The second-order valence-corrected chi connectivity index (χ2v) is 14.5. The fourth-order valence-electron chi connectivity index (χ4n) is 4.80. The lowest BCUT2D eigenvalue weighted by atomic mass is 9.99. The molecule has 0 radical (unpaired) electrons. The Bertz CT molecular complexity index is 1340. The molecular formula is C26H33Cl2N3O6S2. The van der Waals surface area contributed by atoms with E-state index in [1.165, 1.54) is 20.7 Å². The number of carbonyl (C=O) groups is 1. The van der Waals surface area contributed by atoms with E-state index in [4.69, 9.17) is 27.9 Å². The van der Waals surface area contributed by atoms with E-state index in [1.807, 2.05) is 0 Å². The van der Waals surface area contributed by atoms with Gasteiger partial charge in [-0.15, -0.1) is 0 Å². The van der Waals surface area contributed by atoms with E-state index in [1.54, 1.807) is 30.3 Å². The second kappa shape index (κ2) is 13.2. The first-order valence-corrected chi connectivity index (χ1v) is 16.8. The molecule has 1 atom stereocenters. The summed E-state index contributed by atoms with van der Waals surface area (Å²) in [5, 5.41) is 3.39. The van der Waals surface area contributed by atoms with Crippen molar-refractivity contribution in [2.75, 3.05) is 39.3 Å². The SMILES string of the molecule is O=C(NCCOc1ccc(S(=O)(=O)N2CCCCC2)cc1)[C@@H]1CCCN(S(=O)(=O)Cc2c(Cl)cccc2Cl)C1. The van der Waals surface area contributed by atoms with Gasteiger partial charge in [-0.1, -0.05) is 35.7 Å². The smallest absolute Gasteiger partial charge is 0.243 e. The molecule has 0 aliphatic carbocycles. The first-order chi connectivity index (χ1) is 18.6. The molecule has 9 nitrogen and oxygen atoms in total. The van der Waals surface area contributed by atoms with Crippen molar-refractivity contribution < 1.29 is 26.4 Å². The highest BCUT2D eigenvalue weighted by molar-refractivity contribution is 7.89. The summed E-state index contributed by atoms with van der Waals surface area (Å²) in [5.74, 6) is -0.548. The molecular weight excluding hydrogens is 585 g/mol. The molecule has 2 aromatic rings. The average Bonchev–Trinajstić information content (AvgIpc) is 2.94. The zero-order valence-electron chi connectivity index (χ0n) is 21.5. The average molecular weight is 619 g/mol. The van der Waals surface area contributed by atoms with Crippen LogP contribution in [0.2, 0.25) is 10.0 Å². The molecule has 13 heteroatoms. The summed E-state index contributed by atoms with van der Waals surface area (Å²) in [6.45, 7) is 1.92. The molecule has 0 aromatic heterocycles. The van der Waals surface area contributed by atoms with Crippen molar-refractivity contribution in [3.8, 4) is 5.75 Å². The molecule has 0 saturated carbocycles. The molecule has 2 fully saturated rings. The number of hydrogen-bond acceptors (Lipinski definition) is 6. The lowest BCUT2D eigenvalue weighted by molar-refractivity contribution is -0.126. The fourth-order valence-corrected chi connectivity index (χ4v) is 8.68. The van der Waals surface area contributed by atoms with E-state index in [9.17, 15) is 21.6 Å². The third-order valence-electron chi connectivity index (χ3n) is 6.98. The molecule has 0 spiro atoms. The summed E-state index contributed by atoms with van der Waals surface area (Å²) in [6, 6.07) is 11.1. The highest BCUT2D eigenvalue weighted by atomic mass is 35.5. The number of nitrogens with one attached hydrogen (secondary N) is 1. The van der Waals surface area contributed by atoms with E-state index in [2.05, 4.69) is 5.32 Å². The summed E-state index contributed by atoms with van der Waals surface area (Å²) >= 11 is 12.3. The molecule has 1 N–H and O–H groups in total. The number of piperidine rings is 2. The van der Waals surface area contributed by atoms with Gasteiger partial charge in [0.2, 0.25) is 26.0 Å². The van der Waals surface area contributed by atoms with Crippen molar-refractivity contribution >= 4 is 49.2 Å². The number of amides is 1. The molecule has 39 heavy (non-hydrogen) atoms. The minimum Gasteiger partial charge on any atom is -0.492 e. The first kappa shape index (κ1) is 30.1. The van der Waals surface area contributed by atoms with Crippen molar-refractivity contribution in [1.29, 1.82) is 0 Å². The monoisotopic (exact) mass is 617 g/mol. The van der Waals surface area contributed by atoms with Gasteiger partial charge in [-0.3, -0.25) is 4.79 Å².